The molecule has 1 saturated carbocycles. The lowest BCUT2D eigenvalue weighted by Crippen LogP contribution is -2.49. The van der Waals surface area contributed by atoms with Gasteiger partial charge in [0, 0.05) is 5.54 Å². The molecule has 0 aromatic heterocycles. The Labute approximate surface area is 78.7 Å². The van der Waals surface area contributed by atoms with Crippen LogP contribution in [0.4, 0.5) is 0 Å². The molecule has 2 atom stereocenters. The number of aliphatic carboxylic acids is 1. The molecule has 4 heteroatoms. The smallest absolute Gasteiger partial charge is 0.308 e. The molecule has 1 fully saturated rings. The van der Waals surface area contributed by atoms with Crippen molar-refractivity contribution in [1.29, 1.82) is 0 Å². The van der Waals surface area contributed by atoms with Crippen molar-refractivity contribution in [2.75, 3.05) is 0 Å². The van der Waals surface area contributed by atoms with Crippen molar-refractivity contribution < 1.29 is 9.90 Å². The summed E-state index contributed by atoms with van der Waals surface area (Å²) in [6.07, 6.45) is 3.65. The van der Waals surface area contributed by atoms with E-state index in [9.17, 15) is 4.79 Å². The van der Waals surface area contributed by atoms with Crippen molar-refractivity contribution in [2.24, 2.45) is 11.7 Å². The lowest BCUT2D eigenvalue weighted by Gasteiger charge is -2.35. The van der Waals surface area contributed by atoms with E-state index < -0.39 is 11.5 Å². The van der Waals surface area contributed by atoms with Crippen molar-refractivity contribution in [2.45, 2.75) is 38.1 Å². The van der Waals surface area contributed by atoms with Crippen molar-refractivity contribution in [1.82, 2.24) is 0 Å². The van der Waals surface area contributed by atoms with Gasteiger partial charge in [-0.3, -0.25) is 4.79 Å². The summed E-state index contributed by atoms with van der Waals surface area (Å²) in [7, 11) is 0. The van der Waals surface area contributed by atoms with Gasteiger partial charge < -0.3 is 10.8 Å². The molecule has 1 rings (SSSR count). The standard InChI is InChI=1S/C8H15NO2.ClH/c1-8(9)5-3-2-4-6(8)7(10)11;/h6H,2-5,9H2,1H3,(H,10,11);1H/t6?,8-;/m1./s1. The number of hydrogen-bond donors (Lipinski definition) is 2. The minimum atomic E-state index is -0.741. The largest absolute Gasteiger partial charge is 0.481 e. The Hall–Kier alpha value is -0.280. The SMILES string of the molecule is C[C@@]1(N)CCCCC1C(=O)O.Cl. The van der Waals surface area contributed by atoms with Crippen LogP contribution in [-0.4, -0.2) is 16.6 Å². The summed E-state index contributed by atoms with van der Waals surface area (Å²) in [6.45, 7) is 1.84. The summed E-state index contributed by atoms with van der Waals surface area (Å²) >= 11 is 0. The number of nitrogens with two attached hydrogens (primary N) is 1. The van der Waals surface area contributed by atoms with E-state index in [0.29, 0.717) is 0 Å². The first-order valence-electron chi connectivity index (χ1n) is 4.06. The molecule has 0 amide bonds. The van der Waals surface area contributed by atoms with Gasteiger partial charge in [0.15, 0.2) is 0 Å². The van der Waals surface area contributed by atoms with Crippen LogP contribution in [0, 0.1) is 5.92 Å². The van der Waals surface area contributed by atoms with Crippen LogP contribution < -0.4 is 5.73 Å². The number of carboxylic acid groups (broad SMARTS) is 1. The number of rotatable bonds is 1. The van der Waals surface area contributed by atoms with E-state index >= 15 is 0 Å². The van der Waals surface area contributed by atoms with Crippen LogP contribution in [-0.2, 0) is 4.79 Å². The number of carboxylic acids is 1. The summed E-state index contributed by atoms with van der Waals surface area (Å²) in [5.41, 5.74) is 5.36. The highest BCUT2D eigenvalue weighted by Crippen LogP contribution is 2.31. The molecule has 0 aliphatic heterocycles. The molecule has 0 radical (unpaired) electrons. The first kappa shape index (κ1) is 11.7. The predicted molar refractivity (Wildman–Crippen MR) is 49.4 cm³/mol. The first-order valence-corrected chi connectivity index (χ1v) is 4.06. The Kier molecular flexibility index (Phi) is 4.00. The molecule has 0 bridgehead atoms. The van der Waals surface area contributed by atoms with Crippen LogP contribution in [0.25, 0.3) is 0 Å². The molecule has 0 aromatic carbocycles. The molecule has 0 aromatic rings. The fraction of sp³-hybridized carbons (Fsp3) is 0.875. The number of halogens is 1. The monoisotopic (exact) mass is 193 g/mol. The molecular formula is C8H16ClNO2. The van der Waals surface area contributed by atoms with Crippen LogP contribution in [0.3, 0.4) is 0 Å². The van der Waals surface area contributed by atoms with E-state index in [1.165, 1.54) is 0 Å². The lowest BCUT2D eigenvalue weighted by atomic mass is 9.75. The Balaban J connectivity index is 0.00000121. The Morgan fingerprint density at radius 3 is 2.50 bits per heavy atom. The Morgan fingerprint density at radius 2 is 2.17 bits per heavy atom. The first-order chi connectivity index (χ1) is 5.04. The van der Waals surface area contributed by atoms with E-state index in [1.807, 2.05) is 6.92 Å². The molecule has 1 unspecified atom stereocenters. The minimum Gasteiger partial charge on any atom is -0.481 e. The third kappa shape index (κ3) is 2.35. The van der Waals surface area contributed by atoms with Gasteiger partial charge in [-0.05, 0) is 19.8 Å². The van der Waals surface area contributed by atoms with Crippen molar-refractivity contribution >= 4 is 18.4 Å². The van der Waals surface area contributed by atoms with E-state index in [0.717, 1.165) is 25.7 Å². The zero-order chi connectivity index (χ0) is 8.48. The quantitative estimate of drug-likeness (QED) is 0.662. The van der Waals surface area contributed by atoms with Crippen LogP contribution in [0.5, 0.6) is 0 Å². The van der Waals surface area contributed by atoms with Crippen LogP contribution in [0.1, 0.15) is 32.6 Å². The maximum absolute atomic E-state index is 10.7. The maximum atomic E-state index is 10.7. The molecule has 12 heavy (non-hydrogen) atoms. The third-order valence-corrected chi connectivity index (χ3v) is 2.55. The predicted octanol–water partition coefficient (Wildman–Crippen LogP) is 1.40. The molecular weight excluding hydrogens is 178 g/mol. The lowest BCUT2D eigenvalue weighted by molar-refractivity contribution is -0.145. The summed E-state index contributed by atoms with van der Waals surface area (Å²) in [4.78, 5) is 10.7. The van der Waals surface area contributed by atoms with Crippen molar-refractivity contribution in [3.05, 3.63) is 0 Å². The molecule has 0 saturated heterocycles. The molecule has 0 spiro atoms. The Bertz CT molecular complexity index is 170. The Morgan fingerprint density at radius 1 is 1.58 bits per heavy atom. The fourth-order valence-electron chi connectivity index (χ4n) is 1.76. The van der Waals surface area contributed by atoms with Crippen LogP contribution in [0.2, 0.25) is 0 Å². The normalized spacial score (nSPS) is 35.3. The second-order valence-corrected chi connectivity index (χ2v) is 3.64. The highest BCUT2D eigenvalue weighted by atomic mass is 35.5. The van der Waals surface area contributed by atoms with Crippen molar-refractivity contribution in [3.63, 3.8) is 0 Å². The van der Waals surface area contributed by atoms with E-state index in [2.05, 4.69) is 0 Å². The van der Waals surface area contributed by atoms with Gasteiger partial charge in [0.05, 0.1) is 5.92 Å². The van der Waals surface area contributed by atoms with Gasteiger partial charge >= 0.3 is 5.97 Å². The van der Waals surface area contributed by atoms with E-state index in [4.69, 9.17) is 10.8 Å². The molecule has 0 heterocycles. The van der Waals surface area contributed by atoms with Crippen LogP contribution in [0.15, 0.2) is 0 Å². The summed E-state index contributed by atoms with van der Waals surface area (Å²) in [5, 5.41) is 8.79. The maximum Gasteiger partial charge on any atom is 0.308 e. The molecule has 3 nitrogen and oxygen atoms in total. The summed E-state index contributed by atoms with van der Waals surface area (Å²) < 4.78 is 0. The summed E-state index contributed by atoms with van der Waals surface area (Å²) in [6, 6.07) is 0. The molecule has 1 aliphatic carbocycles. The van der Waals surface area contributed by atoms with Crippen molar-refractivity contribution in [3.8, 4) is 0 Å². The van der Waals surface area contributed by atoms with Gasteiger partial charge in [0.1, 0.15) is 0 Å². The van der Waals surface area contributed by atoms with Crippen LogP contribution >= 0.6 is 12.4 Å². The van der Waals surface area contributed by atoms with E-state index in [-0.39, 0.29) is 18.3 Å². The van der Waals surface area contributed by atoms with Gasteiger partial charge in [-0.1, -0.05) is 12.8 Å². The zero-order valence-electron chi connectivity index (χ0n) is 7.25. The molecule has 3 N–H and O–H groups in total. The average molecular weight is 194 g/mol. The molecule has 1 aliphatic rings. The van der Waals surface area contributed by atoms with Gasteiger partial charge in [0.2, 0.25) is 0 Å². The number of hydrogen-bond acceptors (Lipinski definition) is 2. The third-order valence-electron chi connectivity index (χ3n) is 2.55. The van der Waals surface area contributed by atoms with Gasteiger partial charge in [-0.25, -0.2) is 0 Å². The van der Waals surface area contributed by atoms with Gasteiger partial charge in [0.25, 0.3) is 0 Å². The zero-order valence-corrected chi connectivity index (χ0v) is 8.06. The number of carbonyl (C=O) groups is 1. The van der Waals surface area contributed by atoms with Gasteiger partial charge in [-0.2, -0.15) is 0 Å². The van der Waals surface area contributed by atoms with E-state index in [1.54, 1.807) is 0 Å². The highest BCUT2D eigenvalue weighted by Gasteiger charge is 2.37. The topological polar surface area (TPSA) is 63.3 Å². The fourth-order valence-corrected chi connectivity index (χ4v) is 1.76. The second-order valence-electron chi connectivity index (χ2n) is 3.64. The molecule has 72 valence electrons. The highest BCUT2D eigenvalue weighted by molar-refractivity contribution is 5.85. The van der Waals surface area contributed by atoms with Gasteiger partial charge in [-0.15, -0.1) is 12.4 Å². The minimum absolute atomic E-state index is 0. The average Bonchev–Trinajstić information content (AvgIpc) is 1.85. The summed E-state index contributed by atoms with van der Waals surface area (Å²) in [5.74, 6) is -1.08. The second kappa shape index (κ2) is 4.10.